The number of anilines is 2. The SMILES string of the molecule is COc1ccc(N2CCN(c3nc4ccccc4nc3C(=O)OC(C)C)CC2)cc1. The molecule has 0 bridgehead atoms. The van der Waals surface area contributed by atoms with Crippen molar-refractivity contribution in [2.75, 3.05) is 43.1 Å². The standard InChI is InChI=1S/C23H26N4O3/c1-16(2)30-23(28)21-22(25-20-7-5-4-6-19(20)24-21)27-14-12-26(13-15-27)17-8-10-18(29-3)11-9-17/h4-11,16H,12-15H2,1-3H3. The molecule has 1 aliphatic heterocycles. The Hall–Kier alpha value is -3.35. The van der Waals surface area contributed by atoms with Gasteiger partial charge in [-0.1, -0.05) is 12.1 Å². The maximum absolute atomic E-state index is 12.7. The van der Waals surface area contributed by atoms with Crippen LogP contribution >= 0.6 is 0 Å². The van der Waals surface area contributed by atoms with E-state index in [9.17, 15) is 4.79 Å². The molecule has 4 rings (SSSR count). The smallest absolute Gasteiger partial charge is 0.361 e. The highest BCUT2D eigenvalue weighted by Gasteiger charge is 2.26. The Balaban J connectivity index is 1.58. The van der Waals surface area contributed by atoms with E-state index < -0.39 is 5.97 Å². The normalized spacial score (nSPS) is 14.3. The number of aromatic nitrogens is 2. The highest BCUT2D eigenvalue weighted by molar-refractivity contribution is 5.95. The summed E-state index contributed by atoms with van der Waals surface area (Å²) in [7, 11) is 1.67. The minimum Gasteiger partial charge on any atom is -0.497 e. The number of fused-ring (bicyclic) bond motifs is 1. The van der Waals surface area contributed by atoms with Crippen molar-refractivity contribution in [3.8, 4) is 5.75 Å². The maximum atomic E-state index is 12.7. The first-order chi connectivity index (χ1) is 14.5. The highest BCUT2D eigenvalue weighted by atomic mass is 16.5. The summed E-state index contributed by atoms with van der Waals surface area (Å²) in [5.41, 5.74) is 2.89. The van der Waals surface area contributed by atoms with Crippen molar-refractivity contribution >= 4 is 28.5 Å². The number of rotatable bonds is 5. The second kappa shape index (κ2) is 8.57. The largest absolute Gasteiger partial charge is 0.497 e. The van der Waals surface area contributed by atoms with Crippen LogP contribution in [0.1, 0.15) is 24.3 Å². The first kappa shape index (κ1) is 19.9. The Morgan fingerprint density at radius 1 is 0.900 bits per heavy atom. The number of methoxy groups -OCH3 is 1. The van der Waals surface area contributed by atoms with E-state index in [1.807, 2.05) is 50.2 Å². The molecule has 7 nitrogen and oxygen atoms in total. The zero-order valence-corrected chi connectivity index (χ0v) is 17.5. The number of benzene rings is 2. The third-order valence-electron chi connectivity index (χ3n) is 5.11. The van der Waals surface area contributed by atoms with Gasteiger partial charge in [-0.05, 0) is 50.2 Å². The van der Waals surface area contributed by atoms with Crippen molar-refractivity contribution < 1.29 is 14.3 Å². The number of carbonyl (C=O) groups excluding carboxylic acids is 1. The molecule has 2 heterocycles. The molecule has 2 aromatic carbocycles. The van der Waals surface area contributed by atoms with Crippen LogP contribution in [0, 0.1) is 0 Å². The van der Waals surface area contributed by atoms with E-state index in [-0.39, 0.29) is 11.8 Å². The Labute approximate surface area is 176 Å². The molecule has 1 fully saturated rings. The molecule has 0 atom stereocenters. The first-order valence-corrected chi connectivity index (χ1v) is 10.2. The molecule has 30 heavy (non-hydrogen) atoms. The summed E-state index contributed by atoms with van der Waals surface area (Å²) >= 11 is 0. The van der Waals surface area contributed by atoms with E-state index in [4.69, 9.17) is 14.5 Å². The van der Waals surface area contributed by atoms with Gasteiger partial charge in [0.1, 0.15) is 5.75 Å². The predicted octanol–water partition coefficient (Wildman–Crippen LogP) is 3.53. The number of piperazine rings is 1. The molecular formula is C23H26N4O3. The summed E-state index contributed by atoms with van der Waals surface area (Å²) in [6, 6.07) is 15.7. The maximum Gasteiger partial charge on any atom is 0.361 e. The highest BCUT2D eigenvalue weighted by Crippen LogP contribution is 2.25. The van der Waals surface area contributed by atoms with Crippen LogP contribution in [-0.2, 0) is 4.74 Å². The second-order valence-electron chi connectivity index (χ2n) is 7.51. The van der Waals surface area contributed by atoms with Crippen LogP contribution in [0.3, 0.4) is 0 Å². The fraction of sp³-hybridized carbons (Fsp3) is 0.348. The molecule has 0 radical (unpaired) electrons. The van der Waals surface area contributed by atoms with Gasteiger partial charge in [-0.15, -0.1) is 0 Å². The number of carbonyl (C=O) groups is 1. The monoisotopic (exact) mass is 406 g/mol. The summed E-state index contributed by atoms with van der Waals surface area (Å²) in [5.74, 6) is 1.00. The van der Waals surface area contributed by atoms with Gasteiger partial charge in [0, 0.05) is 31.9 Å². The van der Waals surface area contributed by atoms with Crippen LogP contribution in [-0.4, -0.2) is 55.3 Å². The third-order valence-corrected chi connectivity index (χ3v) is 5.11. The molecule has 3 aromatic rings. The van der Waals surface area contributed by atoms with E-state index in [2.05, 4.69) is 26.9 Å². The molecular weight excluding hydrogens is 380 g/mol. The predicted molar refractivity (Wildman–Crippen MR) is 118 cm³/mol. The van der Waals surface area contributed by atoms with E-state index in [0.717, 1.165) is 43.1 Å². The zero-order valence-electron chi connectivity index (χ0n) is 17.5. The summed E-state index contributed by atoms with van der Waals surface area (Å²) in [4.78, 5) is 26.5. The third kappa shape index (κ3) is 4.15. The van der Waals surface area contributed by atoms with Gasteiger partial charge < -0.3 is 19.3 Å². The quantitative estimate of drug-likeness (QED) is 0.601. The Morgan fingerprint density at radius 3 is 2.10 bits per heavy atom. The average molecular weight is 406 g/mol. The van der Waals surface area contributed by atoms with Crippen molar-refractivity contribution in [1.29, 1.82) is 0 Å². The molecule has 0 unspecified atom stereocenters. The lowest BCUT2D eigenvalue weighted by Crippen LogP contribution is -2.47. The van der Waals surface area contributed by atoms with Crippen molar-refractivity contribution in [1.82, 2.24) is 9.97 Å². The summed E-state index contributed by atoms with van der Waals surface area (Å²) < 4.78 is 10.7. The average Bonchev–Trinajstić information content (AvgIpc) is 2.78. The lowest BCUT2D eigenvalue weighted by atomic mass is 10.2. The van der Waals surface area contributed by atoms with Crippen LogP contribution in [0.5, 0.6) is 5.75 Å². The lowest BCUT2D eigenvalue weighted by molar-refractivity contribution is 0.0371. The first-order valence-electron chi connectivity index (χ1n) is 10.2. The Morgan fingerprint density at radius 2 is 1.50 bits per heavy atom. The van der Waals surface area contributed by atoms with Gasteiger partial charge in [0.2, 0.25) is 0 Å². The van der Waals surface area contributed by atoms with Crippen molar-refractivity contribution in [2.24, 2.45) is 0 Å². The van der Waals surface area contributed by atoms with Gasteiger partial charge in [0.25, 0.3) is 0 Å². The van der Waals surface area contributed by atoms with E-state index in [1.165, 1.54) is 0 Å². The molecule has 0 aliphatic carbocycles. The summed E-state index contributed by atoms with van der Waals surface area (Å²) in [6.45, 7) is 6.78. The van der Waals surface area contributed by atoms with Crippen LogP contribution in [0.15, 0.2) is 48.5 Å². The lowest BCUT2D eigenvalue weighted by Gasteiger charge is -2.37. The minimum absolute atomic E-state index is 0.217. The second-order valence-corrected chi connectivity index (χ2v) is 7.51. The molecule has 1 aliphatic rings. The molecule has 0 amide bonds. The number of para-hydroxylation sites is 2. The zero-order chi connectivity index (χ0) is 21.1. The Kier molecular flexibility index (Phi) is 5.70. The number of esters is 1. The Bertz CT molecular complexity index is 1030. The summed E-state index contributed by atoms with van der Waals surface area (Å²) in [5, 5.41) is 0. The molecule has 0 saturated carbocycles. The van der Waals surface area contributed by atoms with Gasteiger partial charge in [0.05, 0.1) is 24.2 Å². The van der Waals surface area contributed by atoms with Crippen molar-refractivity contribution in [2.45, 2.75) is 20.0 Å². The summed E-state index contributed by atoms with van der Waals surface area (Å²) in [6.07, 6.45) is -0.217. The van der Waals surface area contributed by atoms with Crippen molar-refractivity contribution in [3.63, 3.8) is 0 Å². The van der Waals surface area contributed by atoms with Crippen LogP contribution in [0.4, 0.5) is 11.5 Å². The number of nitrogens with zero attached hydrogens (tertiary/aromatic N) is 4. The topological polar surface area (TPSA) is 67.8 Å². The number of ether oxygens (including phenoxy) is 2. The van der Waals surface area contributed by atoms with Gasteiger partial charge in [-0.2, -0.15) is 0 Å². The minimum atomic E-state index is -0.434. The van der Waals surface area contributed by atoms with Crippen LogP contribution in [0.2, 0.25) is 0 Å². The molecule has 156 valence electrons. The molecule has 0 spiro atoms. The van der Waals surface area contributed by atoms with Crippen LogP contribution < -0.4 is 14.5 Å². The molecule has 1 aromatic heterocycles. The number of hydrogen-bond donors (Lipinski definition) is 0. The van der Waals surface area contributed by atoms with E-state index >= 15 is 0 Å². The van der Waals surface area contributed by atoms with Gasteiger partial charge in [-0.3, -0.25) is 0 Å². The molecule has 1 saturated heterocycles. The van der Waals surface area contributed by atoms with Gasteiger partial charge in [0.15, 0.2) is 11.5 Å². The molecule has 7 heteroatoms. The fourth-order valence-corrected chi connectivity index (χ4v) is 3.59. The van der Waals surface area contributed by atoms with Crippen LogP contribution in [0.25, 0.3) is 11.0 Å². The fourth-order valence-electron chi connectivity index (χ4n) is 3.59. The van der Waals surface area contributed by atoms with E-state index in [0.29, 0.717) is 11.3 Å². The van der Waals surface area contributed by atoms with E-state index in [1.54, 1.807) is 7.11 Å². The molecule has 0 N–H and O–H groups in total. The van der Waals surface area contributed by atoms with Gasteiger partial charge in [-0.25, -0.2) is 14.8 Å². The van der Waals surface area contributed by atoms with Gasteiger partial charge >= 0.3 is 5.97 Å². The number of hydrogen-bond acceptors (Lipinski definition) is 7. The van der Waals surface area contributed by atoms with Crippen molar-refractivity contribution in [3.05, 3.63) is 54.2 Å².